The molecule has 0 saturated carbocycles. The summed E-state index contributed by atoms with van der Waals surface area (Å²) in [7, 11) is 1.78. The van der Waals surface area contributed by atoms with Gasteiger partial charge in [-0.2, -0.15) is 0 Å². The topological polar surface area (TPSA) is 66.9 Å². The highest BCUT2D eigenvalue weighted by atomic mass is 32.1. The summed E-state index contributed by atoms with van der Waals surface area (Å²) in [4.78, 5) is 20.6. The molecule has 1 amide bonds. The van der Waals surface area contributed by atoms with E-state index in [4.69, 9.17) is 0 Å². The first-order valence-corrected chi connectivity index (χ1v) is 8.02. The van der Waals surface area contributed by atoms with Crippen molar-refractivity contribution < 1.29 is 4.79 Å². The van der Waals surface area contributed by atoms with E-state index in [1.807, 2.05) is 5.38 Å². The average Bonchev–Trinajstić information content (AvgIpc) is 3.04. The summed E-state index contributed by atoms with van der Waals surface area (Å²) in [5.74, 6) is -0.171. The van der Waals surface area contributed by atoms with E-state index in [0.29, 0.717) is 12.2 Å². The SMILES string of the molecule is CNc1nc(C(=O)NCc2nc(C(C)(C)C)cs2)cs1. The number of hydrogen-bond acceptors (Lipinski definition) is 6. The third kappa shape index (κ3) is 3.55. The molecule has 0 aromatic carbocycles. The highest BCUT2D eigenvalue weighted by Gasteiger charge is 2.18. The fourth-order valence-corrected chi connectivity index (χ4v) is 3.09. The van der Waals surface area contributed by atoms with Crippen LogP contribution in [0.25, 0.3) is 0 Å². The second-order valence-electron chi connectivity index (χ2n) is 5.35. The van der Waals surface area contributed by atoms with Crippen LogP contribution in [0.15, 0.2) is 10.8 Å². The number of carbonyl (C=O) groups excluding carboxylic acids is 1. The lowest BCUT2D eigenvalue weighted by atomic mass is 9.93. The molecule has 0 unspecified atom stereocenters. The number of anilines is 1. The summed E-state index contributed by atoms with van der Waals surface area (Å²) in [5, 5.41) is 11.2. The Labute approximate surface area is 126 Å². The quantitative estimate of drug-likeness (QED) is 0.911. The maximum absolute atomic E-state index is 11.9. The summed E-state index contributed by atoms with van der Waals surface area (Å²) in [6.07, 6.45) is 0. The molecule has 0 bridgehead atoms. The summed E-state index contributed by atoms with van der Waals surface area (Å²) in [6.45, 7) is 6.81. The van der Waals surface area contributed by atoms with Crippen LogP contribution >= 0.6 is 22.7 Å². The molecular formula is C13H18N4OS2. The first kappa shape index (κ1) is 14.9. The Morgan fingerprint density at radius 1 is 1.25 bits per heavy atom. The lowest BCUT2D eigenvalue weighted by Gasteiger charge is -2.14. The van der Waals surface area contributed by atoms with Gasteiger partial charge in [-0.1, -0.05) is 20.8 Å². The van der Waals surface area contributed by atoms with Crippen LogP contribution in [0.3, 0.4) is 0 Å². The van der Waals surface area contributed by atoms with Crippen molar-refractivity contribution in [1.29, 1.82) is 0 Å². The fourth-order valence-electron chi connectivity index (χ4n) is 1.48. The highest BCUT2D eigenvalue weighted by molar-refractivity contribution is 7.13. The van der Waals surface area contributed by atoms with Crippen molar-refractivity contribution in [2.45, 2.75) is 32.7 Å². The number of aromatic nitrogens is 2. The van der Waals surface area contributed by atoms with Crippen LogP contribution in [-0.2, 0) is 12.0 Å². The normalized spacial score (nSPS) is 11.4. The molecule has 0 aliphatic carbocycles. The van der Waals surface area contributed by atoms with E-state index >= 15 is 0 Å². The number of nitrogens with zero attached hydrogens (tertiary/aromatic N) is 2. The van der Waals surface area contributed by atoms with Crippen molar-refractivity contribution in [2.24, 2.45) is 0 Å². The van der Waals surface area contributed by atoms with Crippen LogP contribution in [0.4, 0.5) is 5.13 Å². The van der Waals surface area contributed by atoms with Gasteiger partial charge < -0.3 is 10.6 Å². The summed E-state index contributed by atoms with van der Waals surface area (Å²) >= 11 is 2.98. The molecule has 0 aliphatic heterocycles. The molecule has 2 heterocycles. The second-order valence-corrected chi connectivity index (χ2v) is 7.15. The molecule has 0 radical (unpaired) electrons. The molecule has 5 nitrogen and oxygen atoms in total. The molecule has 0 spiro atoms. The molecule has 20 heavy (non-hydrogen) atoms. The minimum absolute atomic E-state index is 0.0371. The predicted octanol–water partition coefficient (Wildman–Crippen LogP) is 2.87. The molecule has 2 rings (SSSR count). The Morgan fingerprint density at radius 3 is 2.55 bits per heavy atom. The van der Waals surface area contributed by atoms with Gasteiger partial charge in [0.05, 0.1) is 12.2 Å². The van der Waals surface area contributed by atoms with Gasteiger partial charge in [-0.05, 0) is 0 Å². The molecule has 2 aromatic rings. The van der Waals surface area contributed by atoms with E-state index in [-0.39, 0.29) is 11.3 Å². The molecule has 0 atom stereocenters. The van der Waals surface area contributed by atoms with Crippen molar-refractivity contribution in [3.8, 4) is 0 Å². The maximum atomic E-state index is 11.9. The molecule has 0 fully saturated rings. The molecule has 2 aromatic heterocycles. The van der Waals surface area contributed by atoms with Crippen molar-refractivity contribution in [3.63, 3.8) is 0 Å². The largest absolute Gasteiger partial charge is 0.365 e. The zero-order chi connectivity index (χ0) is 14.8. The van der Waals surface area contributed by atoms with Crippen LogP contribution in [0.1, 0.15) is 42.0 Å². The number of nitrogens with one attached hydrogen (secondary N) is 2. The standard InChI is InChI=1S/C13H18N4OS2/c1-13(2,3)9-7-19-10(17-9)5-15-11(18)8-6-20-12(14-4)16-8/h6-7H,5H2,1-4H3,(H,14,16)(H,15,18). The van der Waals surface area contributed by atoms with Gasteiger partial charge in [0.15, 0.2) is 5.13 Å². The van der Waals surface area contributed by atoms with Gasteiger partial charge >= 0.3 is 0 Å². The van der Waals surface area contributed by atoms with E-state index in [2.05, 4.69) is 41.4 Å². The van der Waals surface area contributed by atoms with Crippen molar-refractivity contribution >= 4 is 33.7 Å². The number of thiazole rings is 2. The van der Waals surface area contributed by atoms with E-state index in [1.54, 1.807) is 23.8 Å². The molecule has 7 heteroatoms. The maximum Gasteiger partial charge on any atom is 0.271 e. The van der Waals surface area contributed by atoms with Gasteiger partial charge in [0, 0.05) is 23.2 Å². The Bertz CT molecular complexity index is 598. The third-order valence-corrected chi connectivity index (χ3v) is 4.38. The van der Waals surface area contributed by atoms with Crippen LogP contribution < -0.4 is 10.6 Å². The summed E-state index contributed by atoms with van der Waals surface area (Å²) in [5.41, 5.74) is 1.53. The van der Waals surface area contributed by atoms with Gasteiger partial charge in [-0.15, -0.1) is 22.7 Å². The van der Waals surface area contributed by atoms with Crippen molar-refractivity contribution in [3.05, 3.63) is 27.2 Å². The Morgan fingerprint density at radius 2 is 2.00 bits per heavy atom. The predicted molar refractivity (Wildman–Crippen MR) is 83.6 cm³/mol. The molecular weight excluding hydrogens is 292 g/mol. The molecule has 108 valence electrons. The highest BCUT2D eigenvalue weighted by Crippen LogP contribution is 2.23. The van der Waals surface area contributed by atoms with Crippen molar-refractivity contribution in [2.75, 3.05) is 12.4 Å². The fraction of sp³-hybridized carbons (Fsp3) is 0.462. The lowest BCUT2D eigenvalue weighted by molar-refractivity contribution is 0.0946. The van der Waals surface area contributed by atoms with E-state index in [1.165, 1.54) is 11.3 Å². The van der Waals surface area contributed by atoms with Gasteiger partial charge in [0.1, 0.15) is 10.7 Å². The number of amides is 1. The molecule has 2 N–H and O–H groups in total. The van der Waals surface area contributed by atoms with Gasteiger partial charge in [-0.3, -0.25) is 4.79 Å². The first-order chi connectivity index (χ1) is 9.40. The summed E-state index contributed by atoms with van der Waals surface area (Å²) in [6, 6.07) is 0. The van der Waals surface area contributed by atoms with Gasteiger partial charge in [0.25, 0.3) is 5.91 Å². The molecule has 0 saturated heterocycles. The number of rotatable bonds is 4. The van der Waals surface area contributed by atoms with Crippen LogP contribution in [-0.4, -0.2) is 22.9 Å². The van der Waals surface area contributed by atoms with Crippen LogP contribution in [0.5, 0.6) is 0 Å². The number of carbonyl (C=O) groups is 1. The number of hydrogen-bond donors (Lipinski definition) is 2. The van der Waals surface area contributed by atoms with Crippen LogP contribution in [0.2, 0.25) is 0 Å². The third-order valence-electron chi connectivity index (χ3n) is 2.67. The van der Waals surface area contributed by atoms with Crippen molar-refractivity contribution in [1.82, 2.24) is 15.3 Å². The monoisotopic (exact) mass is 310 g/mol. The van der Waals surface area contributed by atoms with Gasteiger partial charge in [-0.25, -0.2) is 9.97 Å². The van der Waals surface area contributed by atoms with Gasteiger partial charge in [0.2, 0.25) is 0 Å². The van der Waals surface area contributed by atoms with E-state index < -0.39 is 0 Å². The van der Waals surface area contributed by atoms with Crippen LogP contribution in [0, 0.1) is 0 Å². The zero-order valence-corrected chi connectivity index (χ0v) is 13.6. The Balaban J connectivity index is 1.95. The lowest BCUT2D eigenvalue weighted by Crippen LogP contribution is -2.23. The smallest absolute Gasteiger partial charge is 0.271 e. The van der Waals surface area contributed by atoms with E-state index in [0.717, 1.165) is 15.8 Å². The molecule has 0 aliphatic rings. The average molecular weight is 310 g/mol. The van der Waals surface area contributed by atoms with E-state index in [9.17, 15) is 4.79 Å². The second kappa shape index (κ2) is 5.88. The Hall–Kier alpha value is -1.47. The zero-order valence-electron chi connectivity index (χ0n) is 12.0. The minimum Gasteiger partial charge on any atom is -0.365 e. The summed E-state index contributed by atoms with van der Waals surface area (Å²) < 4.78 is 0. The Kier molecular flexibility index (Phi) is 4.39. The first-order valence-electron chi connectivity index (χ1n) is 6.26. The minimum atomic E-state index is -0.171.